The highest BCUT2D eigenvalue weighted by Gasteiger charge is 2.27. The van der Waals surface area contributed by atoms with Crippen molar-refractivity contribution in [1.29, 1.82) is 0 Å². The van der Waals surface area contributed by atoms with Gasteiger partial charge in [0.1, 0.15) is 10.6 Å². The number of carbonyl (C=O) groups excluding carboxylic acids is 1. The maximum atomic E-state index is 12.1. The molecule has 0 saturated carbocycles. The van der Waals surface area contributed by atoms with Crippen LogP contribution in [-0.2, 0) is 21.8 Å². The molecule has 1 aliphatic heterocycles. The Morgan fingerprint density at radius 1 is 1.58 bits per heavy atom. The fourth-order valence-electron chi connectivity index (χ4n) is 2.08. The number of aromatic nitrogens is 1. The Hall–Kier alpha value is -1.38. The molecule has 106 valence electrons. The summed E-state index contributed by atoms with van der Waals surface area (Å²) < 4.78 is 29.3. The van der Waals surface area contributed by atoms with Crippen LogP contribution in [0.3, 0.4) is 0 Å². The monoisotopic (exact) mass is 287 g/mol. The smallest absolute Gasteiger partial charge is 0.268 e. The topological polar surface area (TPSA) is 103 Å². The van der Waals surface area contributed by atoms with Crippen LogP contribution in [0, 0.1) is 0 Å². The van der Waals surface area contributed by atoms with Gasteiger partial charge in [0.25, 0.3) is 5.91 Å². The zero-order valence-electron chi connectivity index (χ0n) is 10.8. The molecule has 1 aromatic rings. The van der Waals surface area contributed by atoms with Crippen LogP contribution < -0.4 is 10.5 Å². The first kappa shape index (κ1) is 14.0. The van der Waals surface area contributed by atoms with Crippen molar-refractivity contribution in [2.45, 2.75) is 30.4 Å². The highest BCUT2D eigenvalue weighted by atomic mass is 32.2. The molecule has 1 aliphatic rings. The van der Waals surface area contributed by atoms with E-state index >= 15 is 0 Å². The molecule has 8 heteroatoms. The Balaban J connectivity index is 2.18. The van der Waals surface area contributed by atoms with Crippen molar-refractivity contribution >= 4 is 15.9 Å². The molecule has 0 aromatic carbocycles. The lowest BCUT2D eigenvalue weighted by atomic mass is 10.1. The average molecular weight is 287 g/mol. The molecule has 0 spiro atoms. The predicted molar refractivity (Wildman–Crippen MR) is 68.1 cm³/mol. The summed E-state index contributed by atoms with van der Waals surface area (Å²) in [4.78, 5) is 12.0. The van der Waals surface area contributed by atoms with Gasteiger partial charge in [0, 0.05) is 19.9 Å². The van der Waals surface area contributed by atoms with E-state index in [0.29, 0.717) is 6.61 Å². The quantitative estimate of drug-likeness (QED) is 0.788. The second kappa shape index (κ2) is 4.95. The minimum absolute atomic E-state index is 0.0399. The van der Waals surface area contributed by atoms with E-state index in [2.05, 4.69) is 5.32 Å². The molecule has 0 radical (unpaired) electrons. The zero-order chi connectivity index (χ0) is 14.2. The van der Waals surface area contributed by atoms with E-state index in [0.717, 1.165) is 6.42 Å². The molecule has 0 bridgehead atoms. The van der Waals surface area contributed by atoms with Crippen molar-refractivity contribution in [2.75, 3.05) is 6.61 Å². The average Bonchev–Trinajstić information content (AvgIpc) is 2.85. The third kappa shape index (κ3) is 2.96. The molecule has 2 rings (SSSR count). The normalized spacial score (nSPS) is 23.5. The molecule has 0 aliphatic carbocycles. The van der Waals surface area contributed by atoms with Gasteiger partial charge in [-0.2, -0.15) is 0 Å². The second-order valence-corrected chi connectivity index (χ2v) is 6.22. The van der Waals surface area contributed by atoms with Gasteiger partial charge in [-0.3, -0.25) is 4.79 Å². The molecule has 3 N–H and O–H groups in total. The first-order valence-electron chi connectivity index (χ1n) is 5.90. The third-order valence-corrected chi connectivity index (χ3v) is 4.11. The van der Waals surface area contributed by atoms with Crippen molar-refractivity contribution in [2.24, 2.45) is 12.2 Å². The second-order valence-electron chi connectivity index (χ2n) is 4.66. The lowest BCUT2D eigenvalue weighted by molar-refractivity contribution is 0.0859. The summed E-state index contributed by atoms with van der Waals surface area (Å²) in [6, 6.07) is 1.21. The third-order valence-electron chi connectivity index (χ3n) is 3.23. The van der Waals surface area contributed by atoms with Crippen LogP contribution in [0.5, 0.6) is 0 Å². The van der Waals surface area contributed by atoms with Gasteiger partial charge in [0.05, 0.1) is 12.1 Å². The number of rotatable bonds is 3. The Kier molecular flexibility index (Phi) is 3.66. The number of aryl methyl sites for hydroxylation is 1. The molecule has 1 saturated heterocycles. The van der Waals surface area contributed by atoms with Crippen molar-refractivity contribution in [3.05, 3.63) is 18.0 Å². The lowest BCUT2D eigenvalue weighted by Crippen LogP contribution is -2.39. The summed E-state index contributed by atoms with van der Waals surface area (Å²) in [5, 5.41) is 7.86. The number of nitrogens with one attached hydrogen (secondary N) is 1. The van der Waals surface area contributed by atoms with Crippen LogP contribution >= 0.6 is 0 Å². The number of hydrogen-bond donors (Lipinski definition) is 2. The summed E-state index contributed by atoms with van der Waals surface area (Å²) in [5.74, 6) is -0.334. The minimum Gasteiger partial charge on any atom is -0.376 e. The number of amides is 1. The Morgan fingerprint density at radius 3 is 2.74 bits per heavy atom. The first-order chi connectivity index (χ1) is 8.79. The summed E-state index contributed by atoms with van der Waals surface area (Å²) in [6.45, 7) is 2.50. The number of sulfonamides is 1. The van der Waals surface area contributed by atoms with Gasteiger partial charge in [-0.15, -0.1) is 0 Å². The molecule has 1 aromatic heterocycles. The van der Waals surface area contributed by atoms with E-state index in [-0.39, 0.29) is 28.6 Å². The van der Waals surface area contributed by atoms with Crippen molar-refractivity contribution in [3.63, 3.8) is 0 Å². The van der Waals surface area contributed by atoms with Crippen LogP contribution in [0.1, 0.15) is 23.8 Å². The van der Waals surface area contributed by atoms with Gasteiger partial charge < -0.3 is 14.6 Å². The molecule has 1 fully saturated rings. The highest BCUT2D eigenvalue weighted by Crippen LogP contribution is 2.15. The predicted octanol–water partition coefficient (Wildman–Crippen LogP) is -0.420. The first-order valence-corrected chi connectivity index (χ1v) is 7.45. The molecule has 2 unspecified atom stereocenters. The Labute approximate surface area is 111 Å². The molecule has 2 heterocycles. The van der Waals surface area contributed by atoms with Crippen LogP contribution in [0.25, 0.3) is 0 Å². The number of hydrogen-bond acceptors (Lipinski definition) is 4. The van der Waals surface area contributed by atoms with E-state index < -0.39 is 10.0 Å². The maximum absolute atomic E-state index is 12.1. The lowest BCUT2D eigenvalue weighted by Gasteiger charge is -2.16. The number of nitrogens with zero attached hydrogens (tertiary/aromatic N) is 1. The molecule has 1 amide bonds. The molecule has 7 nitrogen and oxygen atoms in total. The van der Waals surface area contributed by atoms with Crippen LogP contribution in [0.15, 0.2) is 17.2 Å². The van der Waals surface area contributed by atoms with E-state index in [9.17, 15) is 13.2 Å². The molecular weight excluding hydrogens is 270 g/mol. The van der Waals surface area contributed by atoms with E-state index in [1.807, 2.05) is 6.92 Å². The van der Waals surface area contributed by atoms with Gasteiger partial charge in [0.2, 0.25) is 10.0 Å². The van der Waals surface area contributed by atoms with E-state index in [4.69, 9.17) is 9.88 Å². The summed E-state index contributed by atoms with van der Waals surface area (Å²) in [7, 11) is -2.21. The number of carbonyl (C=O) groups is 1. The highest BCUT2D eigenvalue weighted by molar-refractivity contribution is 7.89. The maximum Gasteiger partial charge on any atom is 0.268 e. The van der Waals surface area contributed by atoms with Gasteiger partial charge in [-0.25, -0.2) is 13.6 Å². The standard InChI is InChI=1S/C11H17N3O4S/c1-7-9(3-4-18-7)13-11(15)10-5-8(6-14(10)2)19(12,16)17/h5-7,9H,3-4H2,1-2H3,(H,13,15)(H2,12,16,17). The van der Waals surface area contributed by atoms with Gasteiger partial charge in [-0.1, -0.05) is 0 Å². The summed E-state index contributed by atoms with van der Waals surface area (Å²) in [6.07, 6.45) is 2.03. The number of nitrogens with two attached hydrogens (primary N) is 1. The van der Waals surface area contributed by atoms with E-state index in [1.165, 1.54) is 16.8 Å². The van der Waals surface area contributed by atoms with Gasteiger partial charge >= 0.3 is 0 Å². The fourth-order valence-corrected chi connectivity index (χ4v) is 2.66. The van der Waals surface area contributed by atoms with Crippen molar-refractivity contribution in [1.82, 2.24) is 9.88 Å². The zero-order valence-corrected chi connectivity index (χ0v) is 11.6. The molecular formula is C11H17N3O4S. The van der Waals surface area contributed by atoms with Crippen LogP contribution in [0.2, 0.25) is 0 Å². The number of primary sulfonamides is 1. The SMILES string of the molecule is CC1OCCC1NC(=O)c1cc(S(N)(=O)=O)cn1C. The largest absolute Gasteiger partial charge is 0.376 e. The van der Waals surface area contributed by atoms with Gasteiger partial charge in [0.15, 0.2) is 0 Å². The Morgan fingerprint density at radius 2 is 2.26 bits per heavy atom. The fraction of sp³-hybridized carbons (Fsp3) is 0.545. The van der Waals surface area contributed by atoms with Crippen molar-refractivity contribution < 1.29 is 17.9 Å². The minimum atomic E-state index is -3.80. The Bertz CT molecular complexity index is 593. The van der Waals surface area contributed by atoms with Gasteiger partial charge in [-0.05, 0) is 19.4 Å². The van der Waals surface area contributed by atoms with Crippen molar-refractivity contribution in [3.8, 4) is 0 Å². The summed E-state index contributed by atoms with van der Waals surface area (Å²) in [5.41, 5.74) is 0.253. The molecule has 19 heavy (non-hydrogen) atoms. The number of ether oxygens (including phenoxy) is 1. The van der Waals surface area contributed by atoms with E-state index in [1.54, 1.807) is 7.05 Å². The molecule has 2 atom stereocenters. The van der Waals surface area contributed by atoms with Crippen LogP contribution in [0.4, 0.5) is 0 Å². The summed E-state index contributed by atoms with van der Waals surface area (Å²) >= 11 is 0. The van der Waals surface area contributed by atoms with Crippen LogP contribution in [-0.4, -0.2) is 37.6 Å².